The van der Waals surface area contributed by atoms with Crippen LogP contribution >= 0.6 is 0 Å². The van der Waals surface area contributed by atoms with E-state index in [9.17, 15) is 31.1 Å². The van der Waals surface area contributed by atoms with Gasteiger partial charge in [-0.1, -0.05) is 0 Å². The van der Waals surface area contributed by atoms with Crippen LogP contribution in [0.25, 0.3) is 0 Å². The van der Waals surface area contributed by atoms with E-state index in [2.05, 4.69) is 0 Å². The van der Waals surface area contributed by atoms with Crippen LogP contribution < -0.4 is 0 Å². The molecule has 0 N–H and O–H groups in total. The molecule has 0 aromatic rings. The molecular weight excluding hydrogens is 264 g/mol. The van der Waals surface area contributed by atoms with Crippen molar-refractivity contribution in [3.05, 3.63) is 0 Å². The van der Waals surface area contributed by atoms with E-state index in [0.29, 0.717) is 0 Å². The van der Waals surface area contributed by atoms with Crippen molar-refractivity contribution in [3.8, 4) is 0 Å². The van der Waals surface area contributed by atoms with E-state index < -0.39 is 43.6 Å². The van der Waals surface area contributed by atoms with E-state index in [1.54, 1.807) is 0 Å². The Balaban J connectivity index is 2.67. The summed E-state index contributed by atoms with van der Waals surface area (Å²) in [4.78, 5) is 11.3. The summed E-state index contributed by atoms with van der Waals surface area (Å²) in [5.41, 5.74) is -2.16. The molecule has 0 spiro atoms. The Labute approximate surface area is 99.9 Å². The number of carbonyl (C=O) groups is 1. The Bertz CT molecular complexity index is 290. The summed E-state index contributed by atoms with van der Waals surface area (Å²) >= 11 is 0. The van der Waals surface area contributed by atoms with Crippen LogP contribution in [0, 0.1) is 5.41 Å². The molecular formula is C10H13F6NO. The monoisotopic (exact) mass is 277 g/mol. The van der Waals surface area contributed by atoms with Crippen molar-refractivity contribution in [3.63, 3.8) is 0 Å². The number of hydrogen-bond acceptors (Lipinski definition) is 2. The molecule has 0 unspecified atom stereocenters. The normalized spacial score (nSPS) is 21.9. The molecule has 1 aliphatic heterocycles. The van der Waals surface area contributed by atoms with Crippen LogP contribution in [0.2, 0.25) is 0 Å². The lowest BCUT2D eigenvalue weighted by molar-refractivity contribution is -0.241. The molecule has 1 saturated heterocycles. The molecule has 1 heterocycles. The maximum atomic E-state index is 12.8. The maximum absolute atomic E-state index is 12.8. The van der Waals surface area contributed by atoms with Crippen molar-refractivity contribution in [2.24, 2.45) is 5.41 Å². The molecule has 1 fully saturated rings. The number of piperidine rings is 1. The first-order chi connectivity index (χ1) is 8.10. The van der Waals surface area contributed by atoms with Crippen molar-refractivity contribution in [2.75, 3.05) is 19.6 Å². The number of hydrogen-bond donors (Lipinski definition) is 0. The number of aldehydes is 1. The van der Waals surface area contributed by atoms with Crippen LogP contribution in [-0.2, 0) is 4.79 Å². The highest BCUT2D eigenvalue weighted by Gasteiger charge is 2.55. The molecule has 0 aliphatic carbocycles. The molecule has 0 radical (unpaired) electrons. The van der Waals surface area contributed by atoms with Crippen molar-refractivity contribution in [2.45, 2.75) is 31.6 Å². The molecule has 0 aromatic carbocycles. The Morgan fingerprint density at radius 2 is 1.56 bits per heavy atom. The standard InChI is InChI=1S/C10H13F6NO/c11-9(12,13)7-17-4-1-8(2-5-17,3-6-18)10(14,15)16/h6H,1-5,7H2. The third-order valence-corrected chi connectivity index (χ3v) is 3.29. The predicted molar refractivity (Wildman–Crippen MR) is 50.9 cm³/mol. The van der Waals surface area contributed by atoms with E-state index in [0.717, 1.165) is 4.90 Å². The Morgan fingerprint density at radius 3 is 1.89 bits per heavy atom. The zero-order valence-electron chi connectivity index (χ0n) is 9.44. The average Bonchev–Trinajstić information content (AvgIpc) is 2.17. The molecule has 106 valence electrons. The second kappa shape index (κ2) is 5.07. The summed E-state index contributed by atoms with van der Waals surface area (Å²) in [6.07, 6.45) is -10.4. The van der Waals surface area contributed by atoms with Gasteiger partial charge in [-0.2, -0.15) is 26.3 Å². The van der Waals surface area contributed by atoms with Gasteiger partial charge in [-0.25, -0.2) is 0 Å². The van der Waals surface area contributed by atoms with E-state index >= 15 is 0 Å². The van der Waals surface area contributed by atoms with Crippen LogP contribution in [0.15, 0.2) is 0 Å². The molecule has 0 aromatic heterocycles. The van der Waals surface area contributed by atoms with Crippen LogP contribution in [0.4, 0.5) is 26.3 Å². The Hall–Kier alpha value is -0.790. The van der Waals surface area contributed by atoms with Crippen LogP contribution in [0.3, 0.4) is 0 Å². The topological polar surface area (TPSA) is 20.3 Å². The molecule has 0 amide bonds. The first-order valence-corrected chi connectivity index (χ1v) is 5.39. The zero-order valence-corrected chi connectivity index (χ0v) is 9.44. The first kappa shape index (κ1) is 15.3. The van der Waals surface area contributed by atoms with E-state index in [-0.39, 0.29) is 19.4 Å². The summed E-state index contributed by atoms with van der Waals surface area (Å²) in [5, 5.41) is 0. The quantitative estimate of drug-likeness (QED) is 0.584. The fourth-order valence-electron chi connectivity index (χ4n) is 2.16. The minimum atomic E-state index is -4.56. The van der Waals surface area contributed by atoms with Crippen molar-refractivity contribution in [1.29, 1.82) is 0 Å². The number of rotatable bonds is 3. The molecule has 8 heteroatoms. The van der Waals surface area contributed by atoms with Gasteiger partial charge in [-0.15, -0.1) is 0 Å². The van der Waals surface area contributed by atoms with Crippen molar-refractivity contribution in [1.82, 2.24) is 4.90 Å². The fourth-order valence-corrected chi connectivity index (χ4v) is 2.16. The zero-order chi connectivity index (χ0) is 14.0. The van der Waals surface area contributed by atoms with Gasteiger partial charge in [0.25, 0.3) is 0 Å². The van der Waals surface area contributed by atoms with Gasteiger partial charge in [-0.3, -0.25) is 4.90 Å². The van der Waals surface area contributed by atoms with Gasteiger partial charge >= 0.3 is 12.4 Å². The highest BCUT2D eigenvalue weighted by molar-refractivity contribution is 5.51. The predicted octanol–water partition coefficient (Wildman–Crippen LogP) is 2.78. The molecule has 18 heavy (non-hydrogen) atoms. The largest absolute Gasteiger partial charge is 0.401 e. The second-order valence-electron chi connectivity index (χ2n) is 4.54. The summed E-state index contributed by atoms with van der Waals surface area (Å²) in [6, 6.07) is 0. The van der Waals surface area contributed by atoms with Crippen LogP contribution in [-0.4, -0.2) is 43.2 Å². The lowest BCUT2D eigenvalue weighted by Crippen LogP contribution is -2.50. The highest BCUT2D eigenvalue weighted by Crippen LogP contribution is 2.48. The third kappa shape index (κ3) is 3.60. The Kier molecular flexibility index (Phi) is 4.30. The highest BCUT2D eigenvalue weighted by atomic mass is 19.4. The van der Waals surface area contributed by atoms with Gasteiger partial charge < -0.3 is 4.79 Å². The minimum Gasteiger partial charge on any atom is -0.303 e. The van der Waals surface area contributed by atoms with Crippen LogP contribution in [0.1, 0.15) is 19.3 Å². The van der Waals surface area contributed by atoms with Gasteiger partial charge in [0.2, 0.25) is 0 Å². The summed E-state index contributed by atoms with van der Waals surface area (Å²) in [5.74, 6) is 0. The lowest BCUT2D eigenvalue weighted by Gasteiger charge is -2.42. The smallest absolute Gasteiger partial charge is 0.303 e. The van der Waals surface area contributed by atoms with Gasteiger partial charge in [0.05, 0.1) is 12.0 Å². The van der Waals surface area contributed by atoms with E-state index in [1.165, 1.54) is 0 Å². The number of likely N-dealkylation sites (tertiary alicyclic amines) is 1. The number of nitrogens with zero attached hydrogens (tertiary/aromatic N) is 1. The van der Waals surface area contributed by atoms with Crippen molar-refractivity contribution >= 4 is 6.29 Å². The van der Waals surface area contributed by atoms with Gasteiger partial charge in [0, 0.05) is 6.42 Å². The average molecular weight is 277 g/mol. The fraction of sp³-hybridized carbons (Fsp3) is 0.900. The van der Waals surface area contributed by atoms with E-state index in [4.69, 9.17) is 0 Å². The van der Waals surface area contributed by atoms with E-state index in [1.807, 2.05) is 0 Å². The second-order valence-corrected chi connectivity index (χ2v) is 4.54. The molecule has 0 atom stereocenters. The number of halogens is 6. The summed E-state index contributed by atoms with van der Waals surface area (Å²) in [6.45, 7) is -1.80. The summed E-state index contributed by atoms with van der Waals surface area (Å²) < 4.78 is 74.8. The van der Waals surface area contributed by atoms with Gasteiger partial charge in [0.15, 0.2) is 0 Å². The molecule has 1 aliphatic rings. The molecule has 1 rings (SSSR count). The third-order valence-electron chi connectivity index (χ3n) is 3.29. The minimum absolute atomic E-state index is 0.187. The summed E-state index contributed by atoms with van der Waals surface area (Å²) in [7, 11) is 0. The molecule has 0 saturated carbocycles. The molecule has 0 bridgehead atoms. The SMILES string of the molecule is O=CCC1(C(F)(F)F)CCN(CC(F)(F)F)CC1. The maximum Gasteiger partial charge on any atom is 0.401 e. The Morgan fingerprint density at radius 1 is 1.06 bits per heavy atom. The lowest BCUT2D eigenvalue weighted by atomic mass is 9.75. The number of alkyl halides is 6. The van der Waals surface area contributed by atoms with Gasteiger partial charge in [0.1, 0.15) is 6.29 Å². The first-order valence-electron chi connectivity index (χ1n) is 5.39. The number of carbonyl (C=O) groups excluding carboxylic acids is 1. The van der Waals surface area contributed by atoms with Crippen molar-refractivity contribution < 1.29 is 31.1 Å². The molecule has 2 nitrogen and oxygen atoms in total. The van der Waals surface area contributed by atoms with Gasteiger partial charge in [-0.05, 0) is 25.9 Å². The van der Waals surface area contributed by atoms with Crippen LogP contribution in [0.5, 0.6) is 0 Å².